The third-order valence-corrected chi connectivity index (χ3v) is 5.84. The lowest BCUT2D eigenvalue weighted by Crippen LogP contribution is -2.35. The molecule has 2 atom stereocenters. The van der Waals surface area contributed by atoms with Gasteiger partial charge in [-0.1, -0.05) is 46.3 Å². The van der Waals surface area contributed by atoms with Crippen LogP contribution in [0.15, 0.2) is 42.5 Å². The molecule has 3 aliphatic carbocycles. The van der Waals surface area contributed by atoms with Crippen molar-refractivity contribution in [3.63, 3.8) is 0 Å². The maximum Gasteiger partial charge on any atom is 0.269 e. The zero-order valence-corrected chi connectivity index (χ0v) is 12.3. The molecule has 2 aromatic carbocycles. The molecule has 0 saturated heterocycles. The van der Waals surface area contributed by atoms with Crippen LogP contribution in [-0.2, 0) is 4.32 Å². The number of alkyl halides is 1. The quantitative estimate of drug-likeness (QED) is 0.440. The summed E-state index contributed by atoms with van der Waals surface area (Å²) >= 11 is 3.89. The molecule has 0 aliphatic heterocycles. The lowest BCUT2D eigenvalue weighted by molar-refractivity contribution is -0.385. The minimum Gasteiger partial charge on any atom is -0.258 e. The van der Waals surface area contributed by atoms with Crippen LogP contribution >= 0.6 is 15.9 Å². The highest BCUT2D eigenvalue weighted by atomic mass is 79.9. The monoisotopic (exact) mass is 329 g/mol. The van der Waals surface area contributed by atoms with Crippen molar-refractivity contribution in [2.45, 2.75) is 23.1 Å². The van der Waals surface area contributed by atoms with E-state index in [0.717, 1.165) is 18.4 Å². The number of halogens is 1. The number of nitro benzene ring substituents is 1. The fraction of sp³-hybridized carbons (Fsp3) is 0.250. The van der Waals surface area contributed by atoms with Gasteiger partial charge < -0.3 is 0 Å². The Balaban J connectivity index is 2.02. The molecule has 20 heavy (non-hydrogen) atoms. The minimum atomic E-state index is -0.315. The molecule has 2 aromatic rings. The zero-order valence-electron chi connectivity index (χ0n) is 10.7. The molecule has 2 unspecified atom stereocenters. The average molecular weight is 330 g/mol. The van der Waals surface area contributed by atoms with E-state index in [4.69, 9.17) is 0 Å². The van der Waals surface area contributed by atoms with Crippen LogP contribution < -0.4 is 0 Å². The van der Waals surface area contributed by atoms with E-state index in [1.165, 1.54) is 16.7 Å². The summed E-state index contributed by atoms with van der Waals surface area (Å²) in [6.07, 6.45) is 2.08. The number of nitro groups is 1. The van der Waals surface area contributed by atoms with E-state index in [2.05, 4.69) is 34.1 Å². The third-order valence-electron chi connectivity index (χ3n) is 4.59. The molecule has 0 saturated carbocycles. The van der Waals surface area contributed by atoms with Crippen LogP contribution in [0.25, 0.3) is 0 Å². The Morgan fingerprint density at radius 1 is 1.15 bits per heavy atom. The second kappa shape index (κ2) is 3.92. The molecule has 0 aromatic heterocycles. The summed E-state index contributed by atoms with van der Waals surface area (Å²) in [5, 5.41) is 11.0. The van der Waals surface area contributed by atoms with E-state index in [1.54, 1.807) is 12.1 Å². The Hall–Kier alpha value is -1.68. The SMILES string of the molecule is O=[N+]([O-])c1ccc2c(c1)C1(Br)CCC2c2ccccc21. The van der Waals surface area contributed by atoms with Gasteiger partial charge in [-0.2, -0.15) is 0 Å². The van der Waals surface area contributed by atoms with E-state index in [0.29, 0.717) is 5.92 Å². The minimum absolute atomic E-state index is 0.174. The van der Waals surface area contributed by atoms with Gasteiger partial charge in [-0.15, -0.1) is 0 Å². The second-order valence-electron chi connectivity index (χ2n) is 5.51. The first-order valence-corrected chi connectivity index (χ1v) is 7.48. The number of benzene rings is 2. The average Bonchev–Trinajstić information content (AvgIpc) is 2.47. The molecule has 4 heteroatoms. The molecule has 0 fully saturated rings. The first-order valence-electron chi connectivity index (χ1n) is 6.68. The van der Waals surface area contributed by atoms with E-state index < -0.39 is 0 Å². The van der Waals surface area contributed by atoms with Crippen LogP contribution in [0.5, 0.6) is 0 Å². The maximum absolute atomic E-state index is 11.0. The van der Waals surface area contributed by atoms with Gasteiger partial charge in [0.05, 0.1) is 9.25 Å². The highest BCUT2D eigenvalue weighted by Gasteiger charge is 2.47. The van der Waals surface area contributed by atoms with Gasteiger partial charge in [-0.3, -0.25) is 10.1 Å². The Bertz CT molecular complexity index is 743. The van der Waals surface area contributed by atoms with Gasteiger partial charge in [0.2, 0.25) is 0 Å². The van der Waals surface area contributed by atoms with Gasteiger partial charge in [0.1, 0.15) is 0 Å². The Morgan fingerprint density at radius 3 is 2.70 bits per heavy atom. The topological polar surface area (TPSA) is 43.1 Å². The summed E-state index contributed by atoms with van der Waals surface area (Å²) in [5.41, 5.74) is 5.10. The van der Waals surface area contributed by atoms with Crippen molar-refractivity contribution in [2.75, 3.05) is 0 Å². The molecular weight excluding hydrogens is 318 g/mol. The second-order valence-corrected chi connectivity index (χ2v) is 6.86. The smallest absolute Gasteiger partial charge is 0.258 e. The van der Waals surface area contributed by atoms with Gasteiger partial charge in [0.15, 0.2) is 0 Å². The number of rotatable bonds is 1. The molecular formula is C16H12BrNO2. The number of nitrogens with zero attached hydrogens (tertiary/aromatic N) is 1. The van der Waals surface area contributed by atoms with Gasteiger partial charge in [-0.25, -0.2) is 0 Å². The van der Waals surface area contributed by atoms with Gasteiger partial charge in [0, 0.05) is 18.1 Å². The van der Waals surface area contributed by atoms with Crippen LogP contribution in [0.3, 0.4) is 0 Å². The lowest BCUT2D eigenvalue weighted by Gasteiger charge is -2.46. The number of hydrogen-bond donors (Lipinski definition) is 0. The number of fused-ring (bicyclic) bond motifs is 1. The van der Waals surface area contributed by atoms with E-state index >= 15 is 0 Å². The van der Waals surface area contributed by atoms with Gasteiger partial charge in [0.25, 0.3) is 5.69 Å². The van der Waals surface area contributed by atoms with Crippen molar-refractivity contribution < 1.29 is 4.92 Å². The van der Waals surface area contributed by atoms with E-state index in [1.807, 2.05) is 12.1 Å². The van der Waals surface area contributed by atoms with Crippen LogP contribution in [-0.4, -0.2) is 4.92 Å². The van der Waals surface area contributed by atoms with Crippen molar-refractivity contribution in [3.05, 3.63) is 74.8 Å². The molecule has 5 rings (SSSR count). The zero-order chi connectivity index (χ0) is 13.9. The molecule has 0 radical (unpaired) electrons. The summed E-state index contributed by atoms with van der Waals surface area (Å²) in [6.45, 7) is 0. The van der Waals surface area contributed by atoms with Gasteiger partial charge >= 0.3 is 0 Å². The van der Waals surface area contributed by atoms with Gasteiger partial charge in [-0.05, 0) is 35.1 Å². The number of non-ortho nitro benzene ring substituents is 1. The summed E-state index contributed by atoms with van der Waals surface area (Å²) in [5.74, 6) is 0.376. The predicted octanol–water partition coefficient (Wildman–Crippen LogP) is 4.47. The molecule has 2 bridgehead atoms. The summed E-state index contributed by atoms with van der Waals surface area (Å²) in [6, 6.07) is 13.7. The van der Waals surface area contributed by atoms with Crippen LogP contribution in [0.2, 0.25) is 0 Å². The van der Waals surface area contributed by atoms with Crippen molar-refractivity contribution in [1.29, 1.82) is 0 Å². The maximum atomic E-state index is 11.0. The molecule has 3 nitrogen and oxygen atoms in total. The van der Waals surface area contributed by atoms with Crippen LogP contribution in [0.1, 0.15) is 41.0 Å². The molecule has 3 aliphatic rings. The molecule has 0 spiro atoms. The summed E-state index contributed by atoms with van der Waals surface area (Å²) < 4.78 is -0.264. The van der Waals surface area contributed by atoms with Crippen LogP contribution in [0.4, 0.5) is 5.69 Å². The normalized spacial score (nSPS) is 25.9. The van der Waals surface area contributed by atoms with Crippen LogP contribution in [0, 0.1) is 10.1 Å². The summed E-state index contributed by atoms with van der Waals surface area (Å²) in [7, 11) is 0. The molecule has 0 heterocycles. The van der Waals surface area contributed by atoms with Crippen molar-refractivity contribution in [2.24, 2.45) is 0 Å². The van der Waals surface area contributed by atoms with Crippen molar-refractivity contribution >= 4 is 21.6 Å². The first-order chi connectivity index (χ1) is 9.61. The molecule has 0 amide bonds. The Labute approximate surface area is 124 Å². The Kier molecular flexibility index (Phi) is 2.37. The first kappa shape index (κ1) is 12.1. The van der Waals surface area contributed by atoms with E-state index in [-0.39, 0.29) is 14.9 Å². The van der Waals surface area contributed by atoms with Crippen molar-refractivity contribution in [1.82, 2.24) is 0 Å². The number of hydrogen-bond acceptors (Lipinski definition) is 2. The lowest BCUT2D eigenvalue weighted by atomic mass is 9.63. The fourth-order valence-electron chi connectivity index (χ4n) is 3.70. The Morgan fingerprint density at radius 2 is 1.90 bits per heavy atom. The standard InChI is InChI=1S/C16H12BrNO2/c17-16-8-7-11(12-3-1-2-4-14(12)16)13-6-5-10(18(19)20)9-15(13)16/h1-6,9,11H,7-8H2. The van der Waals surface area contributed by atoms with Crippen molar-refractivity contribution in [3.8, 4) is 0 Å². The summed E-state index contributed by atoms with van der Waals surface area (Å²) in [4.78, 5) is 10.7. The fourth-order valence-corrected chi connectivity index (χ4v) is 4.64. The molecule has 0 N–H and O–H groups in total. The third kappa shape index (κ3) is 1.40. The van der Waals surface area contributed by atoms with E-state index in [9.17, 15) is 10.1 Å². The highest BCUT2D eigenvalue weighted by Crippen LogP contribution is 2.59. The predicted molar refractivity (Wildman–Crippen MR) is 80.3 cm³/mol. The highest BCUT2D eigenvalue weighted by molar-refractivity contribution is 9.09. The molecule has 100 valence electrons. The largest absolute Gasteiger partial charge is 0.269 e.